The maximum absolute atomic E-state index is 12.8. The van der Waals surface area contributed by atoms with Gasteiger partial charge < -0.3 is 18.6 Å². The molecule has 7 heteroatoms. The fourth-order valence-corrected chi connectivity index (χ4v) is 2.49. The van der Waals surface area contributed by atoms with Crippen molar-refractivity contribution >= 4 is 17.5 Å². The summed E-state index contributed by atoms with van der Waals surface area (Å²) in [4.78, 5) is 37.4. The molecule has 0 aromatic carbocycles. The Bertz CT molecular complexity index is 868. The minimum absolute atomic E-state index is 0.0964. The van der Waals surface area contributed by atoms with Crippen LogP contribution in [0.2, 0.25) is 0 Å². The van der Waals surface area contributed by atoms with Crippen LogP contribution in [0.5, 0.6) is 0 Å². The zero-order chi connectivity index (χ0) is 18.7. The van der Waals surface area contributed by atoms with Gasteiger partial charge >= 0.3 is 5.97 Å². The van der Waals surface area contributed by atoms with Crippen molar-refractivity contribution in [1.29, 1.82) is 0 Å². The van der Waals surface area contributed by atoms with Crippen molar-refractivity contribution in [3.63, 3.8) is 0 Å². The smallest absolute Gasteiger partial charge is 0.375 e. The summed E-state index contributed by atoms with van der Waals surface area (Å²) in [5.41, 5.74) is -1.42. The first-order valence-corrected chi connectivity index (χ1v) is 7.78. The van der Waals surface area contributed by atoms with Gasteiger partial charge in [-0.05, 0) is 42.9 Å². The van der Waals surface area contributed by atoms with Crippen LogP contribution in [-0.4, -0.2) is 36.9 Å². The van der Waals surface area contributed by atoms with Crippen molar-refractivity contribution < 1.29 is 33.0 Å². The maximum atomic E-state index is 12.8. The first-order valence-electron chi connectivity index (χ1n) is 7.78. The van der Waals surface area contributed by atoms with Crippen LogP contribution in [0, 0.1) is 0 Å². The molecule has 0 saturated heterocycles. The van der Waals surface area contributed by atoms with E-state index in [1.807, 2.05) is 0 Å². The lowest BCUT2D eigenvalue weighted by molar-refractivity contribution is -0.145. The lowest BCUT2D eigenvalue weighted by Gasteiger charge is -2.31. The van der Waals surface area contributed by atoms with E-state index in [4.69, 9.17) is 18.6 Å². The number of carbonyl (C=O) groups excluding carboxylic acids is 3. The summed E-state index contributed by atoms with van der Waals surface area (Å²) in [5, 5.41) is 0. The molecular formula is C19H16O7. The Morgan fingerprint density at radius 3 is 2.81 bits per heavy atom. The van der Waals surface area contributed by atoms with Crippen LogP contribution in [-0.2, 0) is 23.8 Å². The average molecular weight is 356 g/mol. The molecule has 0 bridgehead atoms. The van der Waals surface area contributed by atoms with E-state index in [0.717, 1.165) is 0 Å². The molecular weight excluding hydrogens is 340 g/mol. The Balaban J connectivity index is 1.86. The van der Waals surface area contributed by atoms with Gasteiger partial charge in [-0.25, -0.2) is 4.79 Å². The molecule has 0 fully saturated rings. The van der Waals surface area contributed by atoms with Crippen molar-refractivity contribution in [3.8, 4) is 0 Å². The number of allylic oxidation sites excluding steroid dienone is 3. The zero-order valence-electron chi connectivity index (χ0n) is 14.2. The van der Waals surface area contributed by atoms with Gasteiger partial charge in [-0.1, -0.05) is 6.08 Å². The third-order valence-electron chi connectivity index (χ3n) is 3.92. The van der Waals surface area contributed by atoms with Crippen molar-refractivity contribution in [2.24, 2.45) is 0 Å². The topological polar surface area (TPSA) is 92.0 Å². The molecule has 0 spiro atoms. The number of ether oxygens (including phenoxy) is 3. The van der Waals surface area contributed by atoms with Gasteiger partial charge in [0.25, 0.3) is 0 Å². The highest BCUT2D eigenvalue weighted by atomic mass is 16.6. The summed E-state index contributed by atoms with van der Waals surface area (Å²) in [6.45, 7) is 1.65. The molecule has 2 heterocycles. The number of Topliss-reactive ketones (excluding diaryl/α,β-unsaturated/α-hetero) is 1. The zero-order valence-corrected chi connectivity index (χ0v) is 14.2. The summed E-state index contributed by atoms with van der Waals surface area (Å²) in [5.74, 6) is -1.83. The number of hydrogen-bond donors (Lipinski definition) is 0. The van der Waals surface area contributed by atoms with Gasteiger partial charge in [0.05, 0.1) is 18.4 Å². The van der Waals surface area contributed by atoms with E-state index in [1.165, 1.54) is 37.7 Å². The van der Waals surface area contributed by atoms with Gasteiger partial charge in [0, 0.05) is 7.11 Å². The molecule has 0 amide bonds. The van der Waals surface area contributed by atoms with E-state index in [0.29, 0.717) is 17.9 Å². The molecule has 1 atom stereocenters. The SMILES string of the molecule is COC/C=C/C1=CC2=CC(=O)C(C)(OC(=O)c3ccco3)C(=O)C2=CO1. The molecule has 0 N–H and O–H groups in total. The number of fused-ring (bicyclic) bond motifs is 1. The second kappa shape index (κ2) is 6.97. The summed E-state index contributed by atoms with van der Waals surface area (Å²) >= 11 is 0. The molecule has 134 valence electrons. The van der Waals surface area contributed by atoms with E-state index in [1.54, 1.807) is 25.3 Å². The molecule has 1 aromatic rings. The van der Waals surface area contributed by atoms with Crippen molar-refractivity contribution in [1.82, 2.24) is 0 Å². The second-order valence-electron chi connectivity index (χ2n) is 5.75. The summed E-state index contributed by atoms with van der Waals surface area (Å²) in [7, 11) is 1.56. The number of esters is 1. The molecule has 0 radical (unpaired) electrons. The Hall–Kier alpha value is -3.19. The van der Waals surface area contributed by atoms with Crippen LogP contribution in [0.1, 0.15) is 17.5 Å². The lowest BCUT2D eigenvalue weighted by Crippen LogP contribution is -2.50. The van der Waals surface area contributed by atoms with Crippen molar-refractivity contribution in [3.05, 3.63) is 71.6 Å². The average Bonchev–Trinajstić information content (AvgIpc) is 3.15. The minimum Gasteiger partial charge on any atom is -0.464 e. The first-order chi connectivity index (χ1) is 12.5. The normalized spacial score (nSPS) is 22.3. The maximum Gasteiger partial charge on any atom is 0.375 e. The summed E-state index contributed by atoms with van der Waals surface area (Å²) < 4.78 is 20.4. The van der Waals surface area contributed by atoms with Gasteiger partial charge in [-0.3, -0.25) is 9.59 Å². The van der Waals surface area contributed by atoms with E-state index in [2.05, 4.69) is 0 Å². The molecule has 1 aliphatic heterocycles. The number of ketones is 2. The monoisotopic (exact) mass is 356 g/mol. The molecule has 7 nitrogen and oxygen atoms in total. The van der Waals surface area contributed by atoms with E-state index in [-0.39, 0.29) is 11.3 Å². The predicted octanol–water partition coefficient (Wildman–Crippen LogP) is 2.27. The van der Waals surface area contributed by atoms with Crippen LogP contribution in [0.25, 0.3) is 0 Å². The minimum atomic E-state index is -1.97. The number of furan rings is 1. The van der Waals surface area contributed by atoms with Crippen molar-refractivity contribution in [2.45, 2.75) is 12.5 Å². The van der Waals surface area contributed by atoms with Crippen LogP contribution < -0.4 is 0 Å². The molecule has 3 rings (SSSR count). The number of hydrogen-bond acceptors (Lipinski definition) is 7. The van der Waals surface area contributed by atoms with Crippen LogP contribution in [0.15, 0.2) is 70.3 Å². The first kappa shape index (κ1) is 17.6. The molecule has 0 saturated carbocycles. The Morgan fingerprint density at radius 1 is 1.31 bits per heavy atom. The molecule has 1 aliphatic carbocycles. The van der Waals surface area contributed by atoms with Crippen LogP contribution >= 0.6 is 0 Å². The largest absolute Gasteiger partial charge is 0.464 e. The van der Waals surface area contributed by atoms with Gasteiger partial charge in [0.15, 0.2) is 0 Å². The number of rotatable bonds is 5. The van der Waals surface area contributed by atoms with Gasteiger partial charge in [0.1, 0.15) is 12.0 Å². The highest BCUT2D eigenvalue weighted by molar-refractivity contribution is 6.26. The number of methoxy groups -OCH3 is 1. The van der Waals surface area contributed by atoms with Crippen LogP contribution in [0.3, 0.4) is 0 Å². The fourth-order valence-electron chi connectivity index (χ4n) is 2.49. The lowest BCUT2D eigenvalue weighted by atomic mass is 9.80. The fraction of sp³-hybridized carbons (Fsp3) is 0.211. The number of carbonyl (C=O) groups is 3. The standard InChI is InChI=1S/C19H16O7/c1-19(26-18(22)15-6-4-8-24-15)16(20)10-12-9-13(5-3-7-23-2)25-11-14(12)17(19)21/h3-6,8-11H,7H2,1-2H3/b5-3+. The molecule has 2 aliphatic rings. The third-order valence-corrected chi connectivity index (χ3v) is 3.92. The quantitative estimate of drug-likeness (QED) is 0.590. The molecule has 1 unspecified atom stereocenters. The van der Waals surface area contributed by atoms with Crippen LogP contribution in [0.4, 0.5) is 0 Å². The third kappa shape index (κ3) is 3.16. The second-order valence-corrected chi connectivity index (χ2v) is 5.75. The van der Waals surface area contributed by atoms with E-state index in [9.17, 15) is 14.4 Å². The summed E-state index contributed by atoms with van der Waals surface area (Å²) in [6.07, 6.45) is 8.75. The predicted molar refractivity (Wildman–Crippen MR) is 88.9 cm³/mol. The van der Waals surface area contributed by atoms with Crippen molar-refractivity contribution in [2.75, 3.05) is 13.7 Å². The summed E-state index contributed by atoms with van der Waals surface area (Å²) in [6, 6.07) is 2.89. The molecule has 26 heavy (non-hydrogen) atoms. The van der Waals surface area contributed by atoms with Gasteiger partial charge in [-0.2, -0.15) is 0 Å². The van der Waals surface area contributed by atoms with Gasteiger partial charge in [-0.15, -0.1) is 0 Å². The highest BCUT2D eigenvalue weighted by Gasteiger charge is 2.49. The Kier molecular flexibility index (Phi) is 4.73. The Morgan fingerprint density at radius 2 is 2.12 bits per heavy atom. The van der Waals surface area contributed by atoms with Gasteiger partial charge in [0.2, 0.25) is 22.9 Å². The Labute approximate surface area is 149 Å². The van der Waals surface area contributed by atoms with E-state index < -0.39 is 23.1 Å². The highest BCUT2D eigenvalue weighted by Crippen LogP contribution is 2.33. The molecule has 1 aromatic heterocycles. The van der Waals surface area contributed by atoms with E-state index >= 15 is 0 Å².